The highest BCUT2D eigenvalue weighted by molar-refractivity contribution is 9.10. The largest absolute Gasteiger partial charge is 0.455 e. The van der Waals surface area contributed by atoms with Crippen LogP contribution in [-0.4, -0.2) is 9.97 Å². The van der Waals surface area contributed by atoms with Crippen LogP contribution < -0.4 is 10.3 Å². The van der Waals surface area contributed by atoms with Gasteiger partial charge in [-0.05, 0) is 31.2 Å². The summed E-state index contributed by atoms with van der Waals surface area (Å²) in [5.41, 5.74) is 1.15. The van der Waals surface area contributed by atoms with E-state index >= 15 is 0 Å². The minimum Gasteiger partial charge on any atom is -0.455 e. The third kappa shape index (κ3) is 2.80. The number of hydrogen-bond acceptors (Lipinski definition) is 3. The van der Waals surface area contributed by atoms with Crippen molar-refractivity contribution in [2.45, 2.75) is 6.92 Å². The van der Waals surface area contributed by atoms with E-state index in [0.717, 1.165) is 4.47 Å². The minimum atomic E-state index is -0.385. The van der Waals surface area contributed by atoms with Gasteiger partial charge in [0.05, 0.1) is 5.52 Å². The summed E-state index contributed by atoms with van der Waals surface area (Å²) in [7, 11) is 0. The zero-order valence-electron chi connectivity index (χ0n) is 11.0. The van der Waals surface area contributed by atoms with E-state index in [1.54, 1.807) is 31.2 Å². The number of fused-ring (bicyclic) bond motifs is 1. The number of aryl methyl sites for hydroxylation is 1. The van der Waals surface area contributed by atoms with Crippen molar-refractivity contribution >= 4 is 27.0 Å². The summed E-state index contributed by atoms with van der Waals surface area (Å²) in [5, 5.41) is 0. The van der Waals surface area contributed by atoms with Gasteiger partial charge in [0.2, 0.25) is 0 Å². The first kappa shape index (κ1) is 13.8. The van der Waals surface area contributed by atoms with Crippen LogP contribution in [0.15, 0.2) is 45.7 Å². The van der Waals surface area contributed by atoms with Gasteiger partial charge in [-0.2, -0.15) is 0 Å². The molecule has 2 aromatic carbocycles. The van der Waals surface area contributed by atoms with Crippen LogP contribution in [0.5, 0.6) is 11.5 Å². The minimum absolute atomic E-state index is 0.252. The summed E-state index contributed by atoms with van der Waals surface area (Å²) in [6.45, 7) is 1.62. The molecule has 3 rings (SSSR count). The molecule has 0 aliphatic carbocycles. The van der Waals surface area contributed by atoms with Crippen LogP contribution in [-0.2, 0) is 0 Å². The molecule has 0 radical (unpaired) electrons. The molecule has 0 aliphatic rings. The van der Waals surface area contributed by atoms with Crippen LogP contribution in [0.25, 0.3) is 11.0 Å². The Morgan fingerprint density at radius 3 is 2.86 bits per heavy atom. The predicted molar refractivity (Wildman–Crippen MR) is 81.3 cm³/mol. The van der Waals surface area contributed by atoms with E-state index in [0.29, 0.717) is 28.2 Å². The molecule has 106 valence electrons. The van der Waals surface area contributed by atoms with Crippen LogP contribution in [0.4, 0.5) is 4.39 Å². The fourth-order valence-electron chi connectivity index (χ4n) is 1.95. The van der Waals surface area contributed by atoms with Crippen molar-refractivity contribution in [3.05, 3.63) is 62.7 Å². The van der Waals surface area contributed by atoms with Crippen LogP contribution >= 0.6 is 15.9 Å². The number of benzene rings is 2. The highest BCUT2D eigenvalue weighted by atomic mass is 79.9. The average molecular weight is 349 g/mol. The Morgan fingerprint density at radius 1 is 1.29 bits per heavy atom. The normalized spacial score (nSPS) is 10.8. The Labute approximate surface area is 127 Å². The van der Waals surface area contributed by atoms with E-state index < -0.39 is 0 Å². The maximum atomic E-state index is 13.2. The first-order chi connectivity index (χ1) is 10.0. The molecular formula is C15H10BrFN2O2. The van der Waals surface area contributed by atoms with Gasteiger partial charge in [-0.25, -0.2) is 9.37 Å². The number of nitrogens with one attached hydrogen (secondary N) is 1. The van der Waals surface area contributed by atoms with Gasteiger partial charge in [0.25, 0.3) is 5.56 Å². The van der Waals surface area contributed by atoms with E-state index in [9.17, 15) is 9.18 Å². The topological polar surface area (TPSA) is 55.0 Å². The molecule has 0 unspecified atom stereocenters. The van der Waals surface area contributed by atoms with E-state index in [1.807, 2.05) is 0 Å². The molecule has 6 heteroatoms. The number of rotatable bonds is 2. The number of nitrogens with zero attached hydrogens (tertiary/aromatic N) is 1. The number of H-pyrrole nitrogens is 1. The molecule has 0 atom stereocenters. The Balaban J connectivity index is 2.17. The van der Waals surface area contributed by atoms with Crippen molar-refractivity contribution in [1.29, 1.82) is 0 Å². The predicted octanol–water partition coefficient (Wildman–Crippen LogP) is 3.93. The second kappa shape index (κ2) is 5.29. The molecule has 0 saturated carbocycles. The number of ether oxygens (including phenoxy) is 1. The quantitative estimate of drug-likeness (QED) is 0.763. The van der Waals surface area contributed by atoms with Crippen LogP contribution in [0.1, 0.15) is 5.69 Å². The van der Waals surface area contributed by atoms with Crippen molar-refractivity contribution in [3.63, 3.8) is 0 Å². The molecule has 21 heavy (non-hydrogen) atoms. The first-order valence-corrected chi connectivity index (χ1v) is 6.96. The van der Waals surface area contributed by atoms with Gasteiger partial charge in [0.15, 0.2) is 5.75 Å². The van der Waals surface area contributed by atoms with Crippen LogP contribution in [0.2, 0.25) is 0 Å². The number of hydrogen-bond donors (Lipinski definition) is 1. The summed E-state index contributed by atoms with van der Waals surface area (Å²) in [6.07, 6.45) is 0. The van der Waals surface area contributed by atoms with Crippen molar-refractivity contribution in [2.75, 3.05) is 0 Å². The number of halogens is 2. The Hall–Kier alpha value is -2.21. The third-order valence-electron chi connectivity index (χ3n) is 2.92. The van der Waals surface area contributed by atoms with Gasteiger partial charge in [-0.15, -0.1) is 0 Å². The summed E-state index contributed by atoms with van der Waals surface area (Å²) in [4.78, 5) is 18.6. The lowest BCUT2D eigenvalue weighted by Gasteiger charge is -2.09. The van der Waals surface area contributed by atoms with E-state index in [4.69, 9.17) is 4.74 Å². The van der Waals surface area contributed by atoms with Gasteiger partial charge in [-0.3, -0.25) is 4.79 Å². The van der Waals surface area contributed by atoms with Gasteiger partial charge in [0, 0.05) is 10.5 Å². The van der Waals surface area contributed by atoms with E-state index in [2.05, 4.69) is 25.9 Å². The highest BCUT2D eigenvalue weighted by Gasteiger charge is 2.10. The summed E-state index contributed by atoms with van der Waals surface area (Å²) < 4.78 is 19.6. The molecule has 1 heterocycles. The Morgan fingerprint density at radius 2 is 2.10 bits per heavy atom. The van der Waals surface area contributed by atoms with Crippen molar-refractivity contribution in [1.82, 2.24) is 9.97 Å². The number of aromatic nitrogens is 2. The van der Waals surface area contributed by atoms with Gasteiger partial charge in [0.1, 0.15) is 22.8 Å². The maximum absolute atomic E-state index is 13.2. The standard InChI is InChI=1S/C15H10BrFN2O2/c1-8-15(20)19-12-5-9(16)6-13(14(12)18-8)21-11-4-2-3-10(17)7-11/h2-7H,1H3,(H,19,20). The molecule has 0 fully saturated rings. The zero-order chi connectivity index (χ0) is 15.0. The van der Waals surface area contributed by atoms with Crippen LogP contribution in [0.3, 0.4) is 0 Å². The fraction of sp³-hybridized carbons (Fsp3) is 0.0667. The maximum Gasteiger partial charge on any atom is 0.269 e. The molecule has 0 aliphatic heterocycles. The summed E-state index contributed by atoms with van der Waals surface area (Å²) in [5.74, 6) is 0.411. The SMILES string of the molecule is Cc1nc2c(Oc3cccc(F)c3)cc(Br)cc2[nH]c1=O. The molecule has 0 amide bonds. The smallest absolute Gasteiger partial charge is 0.269 e. The van der Waals surface area contributed by atoms with Crippen LogP contribution in [0, 0.1) is 12.7 Å². The summed E-state index contributed by atoms with van der Waals surface area (Å²) >= 11 is 3.35. The lowest BCUT2D eigenvalue weighted by Crippen LogP contribution is -2.11. The monoisotopic (exact) mass is 348 g/mol. The molecule has 3 aromatic rings. The average Bonchev–Trinajstić information content (AvgIpc) is 2.41. The lowest BCUT2D eigenvalue weighted by atomic mass is 10.2. The van der Waals surface area contributed by atoms with Crippen molar-refractivity contribution < 1.29 is 9.13 Å². The zero-order valence-corrected chi connectivity index (χ0v) is 12.6. The molecule has 1 aromatic heterocycles. The van der Waals surface area contributed by atoms with Crippen molar-refractivity contribution in [3.8, 4) is 11.5 Å². The molecule has 1 N–H and O–H groups in total. The fourth-order valence-corrected chi connectivity index (χ4v) is 2.39. The van der Waals surface area contributed by atoms with E-state index in [-0.39, 0.29) is 11.4 Å². The molecular weight excluding hydrogens is 339 g/mol. The second-order valence-electron chi connectivity index (χ2n) is 4.51. The van der Waals surface area contributed by atoms with Gasteiger partial charge < -0.3 is 9.72 Å². The Bertz CT molecular complexity index is 892. The lowest BCUT2D eigenvalue weighted by molar-refractivity contribution is 0.480. The number of aromatic amines is 1. The molecule has 4 nitrogen and oxygen atoms in total. The van der Waals surface area contributed by atoms with E-state index in [1.165, 1.54) is 12.1 Å². The first-order valence-electron chi connectivity index (χ1n) is 6.16. The molecule has 0 spiro atoms. The third-order valence-corrected chi connectivity index (χ3v) is 3.38. The second-order valence-corrected chi connectivity index (χ2v) is 5.43. The van der Waals surface area contributed by atoms with Gasteiger partial charge >= 0.3 is 0 Å². The molecule has 0 saturated heterocycles. The van der Waals surface area contributed by atoms with Gasteiger partial charge in [-0.1, -0.05) is 22.0 Å². The molecule has 0 bridgehead atoms. The van der Waals surface area contributed by atoms with Crippen molar-refractivity contribution in [2.24, 2.45) is 0 Å². The Kier molecular flexibility index (Phi) is 3.47. The summed E-state index contributed by atoms with van der Waals surface area (Å²) in [6, 6.07) is 9.29. The highest BCUT2D eigenvalue weighted by Crippen LogP contribution is 2.31.